The zero-order valence-electron chi connectivity index (χ0n) is 13.1. The second-order valence-electron chi connectivity index (χ2n) is 6.74. The van der Waals surface area contributed by atoms with E-state index in [1.165, 1.54) is 19.4 Å². The molecule has 0 radical (unpaired) electrons. The molecule has 3 fully saturated rings. The Morgan fingerprint density at radius 3 is 2.67 bits per heavy atom. The third kappa shape index (κ3) is 3.96. The van der Waals surface area contributed by atoms with E-state index in [2.05, 4.69) is 4.90 Å². The molecule has 0 spiro atoms. The topological polar surface area (TPSA) is 42.0 Å². The first-order valence-electron chi connectivity index (χ1n) is 8.39. The standard InChI is InChI=1S/C16H28N2O3/c1-13(19)18-6-9-21-16-12-17(5-2-15(16)11-18)10-14-3-7-20-8-4-14/h14-16H,2-12H2,1H3/t15-,16-/m0/s1. The first kappa shape index (κ1) is 15.3. The van der Waals surface area contributed by atoms with Crippen LogP contribution < -0.4 is 0 Å². The molecule has 3 heterocycles. The lowest BCUT2D eigenvalue weighted by molar-refractivity contribution is -0.129. The van der Waals surface area contributed by atoms with Crippen LogP contribution in [-0.4, -0.2) is 74.4 Å². The zero-order valence-corrected chi connectivity index (χ0v) is 13.1. The summed E-state index contributed by atoms with van der Waals surface area (Å²) in [5.41, 5.74) is 0. The maximum atomic E-state index is 11.6. The second kappa shape index (κ2) is 7.07. The van der Waals surface area contributed by atoms with Gasteiger partial charge in [-0.2, -0.15) is 0 Å². The second-order valence-corrected chi connectivity index (χ2v) is 6.74. The van der Waals surface area contributed by atoms with Gasteiger partial charge in [0, 0.05) is 52.2 Å². The van der Waals surface area contributed by atoms with Crippen LogP contribution in [0.5, 0.6) is 0 Å². The van der Waals surface area contributed by atoms with Crippen LogP contribution in [0, 0.1) is 11.8 Å². The lowest BCUT2D eigenvalue weighted by Gasteiger charge is -2.39. The Hall–Kier alpha value is -0.650. The molecule has 3 saturated heterocycles. The summed E-state index contributed by atoms with van der Waals surface area (Å²) in [6, 6.07) is 0. The van der Waals surface area contributed by atoms with Gasteiger partial charge in [-0.3, -0.25) is 4.79 Å². The van der Waals surface area contributed by atoms with Gasteiger partial charge in [0.2, 0.25) is 5.91 Å². The minimum atomic E-state index is 0.184. The lowest BCUT2D eigenvalue weighted by Crippen LogP contribution is -2.48. The highest BCUT2D eigenvalue weighted by Gasteiger charge is 2.34. The van der Waals surface area contributed by atoms with Gasteiger partial charge in [0.15, 0.2) is 0 Å². The fraction of sp³-hybridized carbons (Fsp3) is 0.938. The normalized spacial score (nSPS) is 32.5. The molecule has 0 saturated carbocycles. The minimum absolute atomic E-state index is 0.184. The van der Waals surface area contributed by atoms with E-state index < -0.39 is 0 Å². The number of likely N-dealkylation sites (tertiary alicyclic amines) is 1. The van der Waals surface area contributed by atoms with E-state index in [-0.39, 0.29) is 5.91 Å². The van der Waals surface area contributed by atoms with Crippen molar-refractivity contribution in [1.29, 1.82) is 0 Å². The average molecular weight is 296 g/mol. The van der Waals surface area contributed by atoms with Crippen molar-refractivity contribution in [1.82, 2.24) is 9.80 Å². The van der Waals surface area contributed by atoms with Crippen LogP contribution in [0.2, 0.25) is 0 Å². The predicted molar refractivity (Wildman–Crippen MR) is 80.1 cm³/mol. The molecule has 0 unspecified atom stereocenters. The number of carbonyl (C=O) groups is 1. The monoisotopic (exact) mass is 296 g/mol. The molecule has 21 heavy (non-hydrogen) atoms. The van der Waals surface area contributed by atoms with Crippen molar-refractivity contribution in [2.45, 2.75) is 32.3 Å². The Bertz CT molecular complexity index is 357. The summed E-state index contributed by atoms with van der Waals surface area (Å²) in [5, 5.41) is 0. The molecule has 3 aliphatic heterocycles. The van der Waals surface area contributed by atoms with Crippen molar-refractivity contribution < 1.29 is 14.3 Å². The zero-order chi connectivity index (χ0) is 14.7. The first-order chi connectivity index (χ1) is 10.2. The summed E-state index contributed by atoms with van der Waals surface area (Å²) in [6.45, 7) is 9.21. The summed E-state index contributed by atoms with van der Waals surface area (Å²) in [7, 11) is 0. The highest BCUT2D eigenvalue weighted by Crippen LogP contribution is 2.26. The fourth-order valence-electron chi connectivity index (χ4n) is 3.86. The van der Waals surface area contributed by atoms with Gasteiger partial charge >= 0.3 is 0 Å². The Balaban J connectivity index is 1.52. The molecule has 0 aromatic heterocycles. The van der Waals surface area contributed by atoms with Crippen LogP contribution in [0.1, 0.15) is 26.2 Å². The Kier molecular flexibility index (Phi) is 5.14. The quantitative estimate of drug-likeness (QED) is 0.762. The summed E-state index contributed by atoms with van der Waals surface area (Å²) < 4.78 is 11.5. The number of piperidine rings is 1. The Labute approximate surface area is 127 Å². The van der Waals surface area contributed by atoms with Gasteiger partial charge in [0.05, 0.1) is 12.7 Å². The molecule has 5 nitrogen and oxygen atoms in total. The van der Waals surface area contributed by atoms with E-state index in [0.717, 1.165) is 51.7 Å². The number of rotatable bonds is 2. The SMILES string of the molecule is CC(=O)N1CCO[C@H]2CN(CC3CCOCC3)CC[C@H]2C1. The van der Waals surface area contributed by atoms with Crippen LogP contribution in [-0.2, 0) is 14.3 Å². The Morgan fingerprint density at radius 2 is 1.90 bits per heavy atom. The maximum Gasteiger partial charge on any atom is 0.219 e. The average Bonchev–Trinajstić information content (AvgIpc) is 2.70. The maximum absolute atomic E-state index is 11.6. The number of nitrogens with zero attached hydrogens (tertiary/aromatic N) is 2. The van der Waals surface area contributed by atoms with Gasteiger partial charge in [0.25, 0.3) is 0 Å². The van der Waals surface area contributed by atoms with Crippen molar-refractivity contribution in [3.05, 3.63) is 0 Å². The van der Waals surface area contributed by atoms with Gasteiger partial charge in [-0.05, 0) is 31.7 Å². The number of ether oxygens (including phenoxy) is 2. The van der Waals surface area contributed by atoms with Crippen molar-refractivity contribution in [3.63, 3.8) is 0 Å². The molecular weight excluding hydrogens is 268 g/mol. The lowest BCUT2D eigenvalue weighted by atomic mass is 9.91. The molecule has 0 N–H and O–H groups in total. The van der Waals surface area contributed by atoms with Gasteiger partial charge in [-0.1, -0.05) is 0 Å². The largest absolute Gasteiger partial charge is 0.381 e. The molecule has 2 atom stereocenters. The summed E-state index contributed by atoms with van der Waals surface area (Å²) in [4.78, 5) is 16.1. The van der Waals surface area contributed by atoms with E-state index in [1.807, 2.05) is 4.90 Å². The molecular formula is C16H28N2O3. The highest BCUT2D eigenvalue weighted by molar-refractivity contribution is 5.73. The third-order valence-electron chi connectivity index (χ3n) is 5.23. The molecule has 0 bridgehead atoms. The van der Waals surface area contributed by atoms with E-state index in [9.17, 15) is 4.79 Å². The van der Waals surface area contributed by atoms with E-state index >= 15 is 0 Å². The number of carbonyl (C=O) groups excluding carboxylic acids is 1. The fourth-order valence-corrected chi connectivity index (χ4v) is 3.86. The number of hydrogen-bond acceptors (Lipinski definition) is 4. The molecule has 5 heteroatoms. The molecule has 3 rings (SSSR count). The van der Waals surface area contributed by atoms with Crippen LogP contribution in [0.4, 0.5) is 0 Å². The van der Waals surface area contributed by atoms with Crippen molar-refractivity contribution in [2.75, 3.05) is 52.5 Å². The van der Waals surface area contributed by atoms with Gasteiger partial charge < -0.3 is 19.3 Å². The van der Waals surface area contributed by atoms with E-state index in [4.69, 9.17) is 9.47 Å². The molecule has 0 aliphatic carbocycles. The predicted octanol–water partition coefficient (Wildman–Crippen LogP) is 0.982. The summed E-state index contributed by atoms with van der Waals surface area (Å²) in [6.07, 6.45) is 3.85. The first-order valence-corrected chi connectivity index (χ1v) is 8.39. The van der Waals surface area contributed by atoms with Crippen LogP contribution >= 0.6 is 0 Å². The molecule has 120 valence electrons. The van der Waals surface area contributed by atoms with Crippen molar-refractivity contribution in [2.24, 2.45) is 11.8 Å². The number of fused-ring (bicyclic) bond motifs is 1. The van der Waals surface area contributed by atoms with Crippen molar-refractivity contribution in [3.8, 4) is 0 Å². The van der Waals surface area contributed by atoms with Gasteiger partial charge in [0.1, 0.15) is 0 Å². The number of hydrogen-bond donors (Lipinski definition) is 0. The minimum Gasteiger partial charge on any atom is -0.381 e. The Morgan fingerprint density at radius 1 is 1.10 bits per heavy atom. The highest BCUT2D eigenvalue weighted by atomic mass is 16.5. The molecule has 0 aromatic rings. The van der Waals surface area contributed by atoms with Crippen LogP contribution in [0.25, 0.3) is 0 Å². The van der Waals surface area contributed by atoms with Crippen LogP contribution in [0.3, 0.4) is 0 Å². The molecule has 3 aliphatic rings. The molecule has 0 aromatic carbocycles. The van der Waals surface area contributed by atoms with E-state index in [1.54, 1.807) is 6.92 Å². The summed E-state index contributed by atoms with van der Waals surface area (Å²) >= 11 is 0. The smallest absolute Gasteiger partial charge is 0.219 e. The summed E-state index contributed by atoms with van der Waals surface area (Å²) in [5.74, 6) is 1.49. The van der Waals surface area contributed by atoms with Crippen molar-refractivity contribution >= 4 is 5.91 Å². The van der Waals surface area contributed by atoms with Gasteiger partial charge in [-0.15, -0.1) is 0 Å². The van der Waals surface area contributed by atoms with Crippen LogP contribution in [0.15, 0.2) is 0 Å². The third-order valence-corrected chi connectivity index (χ3v) is 5.23. The molecule has 1 amide bonds. The van der Waals surface area contributed by atoms with Gasteiger partial charge in [-0.25, -0.2) is 0 Å². The number of amides is 1. The van der Waals surface area contributed by atoms with E-state index in [0.29, 0.717) is 18.6 Å².